The number of amides is 1. The van der Waals surface area contributed by atoms with Gasteiger partial charge in [-0.15, -0.1) is 0 Å². The first-order chi connectivity index (χ1) is 13.2. The van der Waals surface area contributed by atoms with Crippen molar-refractivity contribution in [1.29, 1.82) is 0 Å². The quantitative estimate of drug-likeness (QED) is 0.839. The third kappa shape index (κ3) is 4.31. The van der Waals surface area contributed by atoms with Gasteiger partial charge in [-0.3, -0.25) is 4.79 Å². The van der Waals surface area contributed by atoms with Crippen molar-refractivity contribution in [2.24, 2.45) is 0 Å². The summed E-state index contributed by atoms with van der Waals surface area (Å²) < 4.78 is 24.1. The molecule has 1 fully saturated rings. The van der Waals surface area contributed by atoms with Crippen LogP contribution in [0.3, 0.4) is 0 Å². The molecular formula is C20H23FN3O3+. The minimum atomic E-state index is -0.223. The Morgan fingerprint density at radius 2 is 1.74 bits per heavy atom. The molecule has 4 rings (SSSR count). The van der Waals surface area contributed by atoms with Gasteiger partial charge in [0, 0.05) is 17.4 Å². The van der Waals surface area contributed by atoms with Crippen LogP contribution in [0.4, 0.5) is 15.8 Å². The smallest absolute Gasteiger partial charge is 0.279 e. The van der Waals surface area contributed by atoms with Crippen LogP contribution >= 0.6 is 0 Å². The first-order valence-corrected chi connectivity index (χ1v) is 9.21. The average Bonchev–Trinajstić information content (AvgIpc) is 2.69. The number of fused-ring (bicyclic) bond motifs is 1. The molecule has 0 aromatic heterocycles. The molecule has 142 valence electrons. The first kappa shape index (κ1) is 17.6. The summed E-state index contributed by atoms with van der Waals surface area (Å²) in [6.45, 7) is 4.92. The van der Waals surface area contributed by atoms with Gasteiger partial charge < -0.3 is 24.6 Å². The van der Waals surface area contributed by atoms with Crippen LogP contribution in [0.5, 0.6) is 11.5 Å². The Balaban J connectivity index is 1.27. The molecule has 1 amide bonds. The van der Waals surface area contributed by atoms with Gasteiger partial charge in [0.15, 0.2) is 18.0 Å². The number of ether oxygens (including phenoxy) is 2. The maximum absolute atomic E-state index is 13.0. The fraction of sp³-hybridized carbons (Fsp3) is 0.350. The number of carbonyl (C=O) groups excluding carboxylic acids is 1. The molecule has 2 N–H and O–H groups in total. The lowest BCUT2D eigenvalue weighted by Gasteiger charge is -2.33. The molecule has 2 heterocycles. The summed E-state index contributed by atoms with van der Waals surface area (Å²) in [5.74, 6) is 1.14. The molecule has 7 heteroatoms. The first-order valence-electron chi connectivity index (χ1n) is 9.21. The Morgan fingerprint density at radius 3 is 2.48 bits per heavy atom. The largest absolute Gasteiger partial charge is 0.486 e. The van der Waals surface area contributed by atoms with E-state index in [4.69, 9.17) is 9.47 Å². The summed E-state index contributed by atoms with van der Waals surface area (Å²) in [7, 11) is 0. The van der Waals surface area contributed by atoms with Crippen LogP contribution in [0, 0.1) is 5.82 Å². The van der Waals surface area contributed by atoms with Gasteiger partial charge in [-0.05, 0) is 36.4 Å². The molecule has 0 aliphatic carbocycles. The number of rotatable bonds is 4. The zero-order valence-electron chi connectivity index (χ0n) is 15.0. The highest BCUT2D eigenvalue weighted by atomic mass is 19.1. The molecule has 6 nitrogen and oxygen atoms in total. The van der Waals surface area contributed by atoms with Crippen LogP contribution in [-0.4, -0.2) is 51.8 Å². The lowest BCUT2D eigenvalue weighted by atomic mass is 10.2. The molecular weight excluding hydrogens is 349 g/mol. The lowest BCUT2D eigenvalue weighted by Crippen LogP contribution is -3.15. The number of piperazine rings is 1. The van der Waals surface area contributed by atoms with Crippen LogP contribution in [-0.2, 0) is 4.79 Å². The summed E-state index contributed by atoms with van der Waals surface area (Å²) in [6.07, 6.45) is 0. The predicted octanol–water partition coefficient (Wildman–Crippen LogP) is 0.941. The van der Waals surface area contributed by atoms with Crippen molar-refractivity contribution in [2.75, 3.05) is 56.2 Å². The minimum Gasteiger partial charge on any atom is -0.486 e. The van der Waals surface area contributed by atoms with E-state index < -0.39 is 0 Å². The van der Waals surface area contributed by atoms with Gasteiger partial charge in [-0.25, -0.2) is 4.39 Å². The van der Waals surface area contributed by atoms with Crippen molar-refractivity contribution >= 4 is 17.3 Å². The number of nitrogens with zero attached hydrogens (tertiary/aromatic N) is 1. The molecule has 0 saturated carbocycles. The summed E-state index contributed by atoms with van der Waals surface area (Å²) >= 11 is 0. The molecule has 0 spiro atoms. The van der Waals surface area contributed by atoms with Crippen molar-refractivity contribution in [3.8, 4) is 11.5 Å². The number of hydrogen-bond donors (Lipinski definition) is 2. The minimum absolute atomic E-state index is 0.0168. The van der Waals surface area contributed by atoms with Crippen molar-refractivity contribution in [2.45, 2.75) is 0 Å². The van der Waals surface area contributed by atoms with Crippen molar-refractivity contribution in [3.05, 3.63) is 48.3 Å². The Hall–Kier alpha value is -2.80. The second-order valence-corrected chi connectivity index (χ2v) is 6.80. The van der Waals surface area contributed by atoms with E-state index in [1.807, 2.05) is 12.1 Å². The van der Waals surface area contributed by atoms with Crippen LogP contribution in [0.1, 0.15) is 0 Å². The zero-order valence-corrected chi connectivity index (χ0v) is 15.0. The SMILES string of the molecule is O=C(C[NH+]1CCN(c2ccc(F)cc2)CC1)Nc1ccc2c(c1)OCCO2. The van der Waals surface area contributed by atoms with Gasteiger partial charge in [-0.1, -0.05) is 0 Å². The van der Waals surface area contributed by atoms with Gasteiger partial charge >= 0.3 is 0 Å². The molecule has 27 heavy (non-hydrogen) atoms. The van der Waals surface area contributed by atoms with E-state index in [-0.39, 0.29) is 11.7 Å². The van der Waals surface area contributed by atoms with Crippen molar-refractivity contribution < 1.29 is 23.6 Å². The van der Waals surface area contributed by atoms with E-state index >= 15 is 0 Å². The fourth-order valence-electron chi connectivity index (χ4n) is 3.46. The molecule has 2 aromatic rings. The van der Waals surface area contributed by atoms with E-state index in [1.165, 1.54) is 17.0 Å². The highest BCUT2D eigenvalue weighted by Crippen LogP contribution is 2.32. The third-order valence-corrected chi connectivity index (χ3v) is 4.90. The molecule has 0 bridgehead atoms. The standard InChI is InChI=1S/C20H22FN3O3/c21-15-1-4-17(5-2-15)24-9-7-23(8-10-24)14-20(25)22-16-3-6-18-19(13-16)27-12-11-26-18/h1-6,13H,7-12,14H2,(H,22,25)/p+1. The summed E-state index contributed by atoms with van der Waals surface area (Å²) in [5, 5.41) is 2.94. The molecule has 2 aliphatic heterocycles. The number of nitrogens with one attached hydrogen (secondary N) is 2. The predicted molar refractivity (Wildman–Crippen MR) is 100 cm³/mol. The Bertz CT molecular complexity index is 805. The number of hydrogen-bond acceptors (Lipinski definition) is 4. The zero-order chi connectivity index (χ0) is 18.6. The van der Waals surface area contributed by atoms with Gasteiger partial charge in [0.05, 0.1) is 26.2 Å². The Morgan fingerprint density at radius 1 is 1.04 bits per heavy atom. The molecule has 0 atom stereocenters. The number of quaternary nitrogens is 1. The molecule has 1 saturated heterocycles. The summed E-state index contributed by atoms with van der Waals surface area (Å²) in [4.78, 5) is 15.8. The highest BCUT2D eigenvalue weighted by molar-refractivity contribution is 5.91. The number of benzene rings is 2. The molecule has 0 radical (unpaired) electrons. The van der Waals surface area contributed by atoms with E-state index in [0.29, 0.717) is 36.9 Å². The van der Waals surface area contributed by atoms with Gasteiger partial charge in [-0.2, -0.15) is 0 Å². The Kier molecular flexibility index (Phi) is 5.11. The van der Waals surface area contributed by atoms with Gasteiger partial charge in [0.1, 0.15) is 19.0 Å². The topological polar surface area (TPSA) is 55.2 Å². The molecule has 0 unspecified atom stereocenters. The highest BCUT2D eigenvalue weighted by Gasteiger charge is 2.22. The monoisotopic (exact) mass is 372 g/mol. The van der Waals surface area contributed by atoms with E-state index in [1.54, 1.807) is 18.2 Å². The van der Waals surface area contributed by atoms with Crippen molar-refractivity contribution in [3.63, 3.8) is 0 Å². The van der Waals surface area contributed by atoms with E-state index in [2.05, 4.69) is 10.2 Å². The van der Waals surface area contributed by atoms with Crippen LogP contribution < -0.4 is 24.6 Å². The maximum Gasteiger partial charge on any atom is 0.279 e. The molecule has 2 aliphatic rings. The van der Waals surface area contributed by atoms with Gasteiger partial charge in [0.2, 0.25) is 0 Å². The number of carbonyl (C=O) groups is 1. The van der Waals surface area contributed by atoms with E-state index in [9.17, 15) is 9.18 Å². The van der Waals surface area contributed by atoms with Crippen molar-refractivity contribution in [1.82, 2.24) is 0 Å². The Labute approximate surface area is 157 Å². The third-order valence-electron chi connectivity index (χ3n) is 4.90. The normalized spacial score (nSPS) is 16.9. The lowest BCUT2D eigenvalue weighted by molar-refractivity contribution is -0.892. The van der Waals surface area contributed by atoms with Crippen LogP contribution in [0.15, 0.2) is 42.5 Å². The van der Waals surface area contributed by atoms with E-state index in [0.717, 1.165) is 31.9 Å². The number of halogens is 1. The second-order valence-electron chi connectivity index (χ2n) is 6.80. The summed E-state index contributed by atoms with van der Waals surface area (Å²) in [5.41, 5.74) is 1.74. The van der Waals surface area contributed by atoms with Crippen LogP contribution in [0.25, 0.3) is 0 Å². The summed E-state index contributed by atoms with van der Waals surface area (Å²) in [6, 6.07) is 12.0. The van der Waals surface area contributed by atoms with Gasteiger partial charge in [0.25, 0.3) is 5.91 Å². The molecule has 2 aromatic carbocycles. The maximum atomic E-state index is 13.0. The number of anilines is 2. The second kappa shape index (κ2) is 7.84. The fourth-order valence-corrected chi connectivity index (χ4v) is 3.46. The van der Waals surface area contributed by atoms with Crippen LogP contribution in [0.2, 0.25) is 0 Å². The average molecular weight is 372 g/mol.